The number of hydrogen-bond donors (Lipinski definition) is 2. The largest absolute Gasteiger partial charge is 0.444 e. The first-order valence-electron chi connectivity index (χ1n) is 5.94. The second-order valence-electron chi connectivity index (χ2n) is 5.14. The highest BCUT2D eigenvalue weighted by Crippen LogP contribution is 2.09. The van der Waals surface area contributed by atoms with Gasteiger partial charge in [-0.1, -0.05) is 19.8 Å². The Kier molecular flexibility index (Phi) is 6.41. The van der Waals surface area contributed by atoms with E-state index >= 15 is 0 Å². The minimum absolute atomic E-state index is 0.227. The number of nitrogens with one attached hydrogen (secondary N) is 1. The van der Waals surface area contributed by atoms with Gasteiger partial charge in [0.1, 0.15) is 5.60 Å². The zero-order valence-electron chi connectivity index (χ0n) is 11.0. The Bertz CT molecular complexity index is 209. The van der Waals surface area contributed by atoms with Crippen LogP contribution in [0.3, 0.4) is 0 Å². The Morgan fingerprint density at radius 2 is 2.00 bits per heavy atom. The molecule has 0 fully saturated rings. The van der Waals surface area contributed by atoms with E-state index in [0.717, 1.165) is 19.3 Å². The maximum absolute atomic E-state index is 11.5. The van der Waals surface area contributed by atoms with Crippen LogP contribution < -0.4 is 5.32 Å². The highest BCUT2D eigenvalue weighted by atomic mass is 16.6. The molecule has 0 bridgehead atoms. The number of ether oxygens (including phenoxy) is 1. The van der Waals surface area contributed by atoms with Gasteiger partial charge in [0.15, 0.2) is 0 Å². The van der Waals surface area contributed by atoms with E-state index in [1.165, 1.54) is 0 Å². The lowest BCUT2D eigenvalue weighted by Crippen LogP contribution is -2.44. The van der Waals surface area contributed by atoms with Crippen LogP contribution >= 0.6 is 0 Å². The summed E-state index contributed by atoms with van der Waals surface area (Å²) in [5.74, 6) is 0. The van der Waals surface area contributed by atoms with E-state index in [4.69, 9.17) is 4.74 Å². The highest BCUT2D eigenvalue weighted by molar-refractivity contribution is 5.68. The maximum Gasteiger partial charge on any atom is 0.407 e. The zero-order valence-corrected chi connectivity index (χ0v) is 11.0. The average Bonchev–Trinajstić information content (AvgIpc) is 2.08. The number of aliphatic hydroxyl groups excluding tert-OH is 1. The van der Waals surface area contributed by atoms with Crippen molar-refractivity contribution in [1.82, 2.24) is 5.32 Å². The lowest BCUT2D eigenvalue weighted by Gasteiger charge is -2.25. The molecule has 0 aliphatic carbocycles. The molecule has 16 heavy (non-hydrogen) atoms. The van der Waals surface area contributed by atoms with Crippen molar-refractivity contribution in [3.05, 3.63) is 0 Å². The maximum atomic E-state index is 11.5. The van der Waals surface area contributed by atoms with Gasteiger partial charge in [-0.15, -0.1) is 0 Å². The molecule has 4 nitrogen and oxygen atoms in total. The Morgan fingerprint density at radius 1 is 1.44 bits per heavy atom. The minimum Gasteiger partial charge on any atom is -0.444 e. The van der Waals surface area contributed by atoms with Crippen molar-refractivity contribution >= 4 is 6.09 Å². The molecular weight excluding hydrogens is 206 g/mol. The van der Waals surface area contributed by atoms with E-state index in [-0.39, 0.29) is 6.04 Å². The third kappa shape index (κ3) is 7.51. The van der Waals surface area contributed by atoms with Crippen LogP contribution in [-0.4, -0.2) is 28.9 Å². The van der Waals surface area contributed by atoms with Crippen molar-refractivity contribution in [1.29, 1.82) is 0 Å². The molecule has 0 aromatic heterocycles. The topological polar surface area (TPSA) is 58.6 Å². The molecule has 0 spiro atoms. The molecule has 96 valence electrons. The summed E-state index contributed by atoms with van der Waals surface area (Å²) < 4.78 is 5.14. The molecule has 0 radical (unpaired) electrons. The van der Waals surface area contributed by atoms with E-state index in [9.17, 15) is 9.90 Å². The number of unbranched alkanes of at least 4 members (excludes halogenated alkanes) is 1. The van der Waals surface area contributed by atoms with Crippen molar-refractivity contribution in [3.8, 4) is 0 Å². The number of carbonyl (C=O) groups is 1. The fraction of sp³-hybridized carbons (Fsp3) is 0.917. The molecule has 0 heterocycles. The fourth-order valence-corrected chi connectivity index (χ4v) is 1.32. The summed E-state index contributed by atoms with van der Waals surface area (Å²) in [5, 5.41) is 12.2. The quantitative estimate of drug-likeness (QED) is 0.764. The van der Waals surface area contributed by atoms with Crippen LogP contribution in [0.5, 0.6) is 0 Å². The second kappa shape index (κ2) is 6.74. The zero-order chi connectivity index (χ0) is 12.8. The number of carbonyl (C=O) groups excluding carboxylic acids is 1. The monoisotopic (exact) mass is 231 g/mol. The standard InChI is InChI=1S/C12H25NO3/c1-6-7-8-10(9(2)14)13-11(15)16-12(3,4)5/h9-10,14H,6-8H2,1-5H3,(H,13,15)/t9-,10-/m1/s1. The van der Waals surface area contributed by atoms with Crippen LogP contribution in [0.25, 0.3) is 0 Å². The van der Waals surface area contributed by atoms with Crippen LogP contribution in [0, 0.1) is 0 Å². The third-order valence-electron chi connectivity index (χ3n) is 2.15. The summed E-state index contributed by atoms with van der Waals surface area (Å²) >= 11 is 0. The van der Waals surface area contributed by atoms with Crippen LogP contribution in [0.1, 0.15) is 53.9 Å². The van der Waals surface area contributed by atoms with Gasteiger partial charge in [-0.2, -0.15) is 0 Å². The van der Waals surface area contributed by atoms with Crippen molar-refractivity contribution in [2.75, 3.05) is 0 Å². The summed E-state index contributed by atoms with van der Waals surface area (Å²) in [4.78, 5) is 11.5. The summed E-state index contributed by atoms with van der Waals surface area (Å²) in [6.45, 7) is 9.20. The molecular formula is C12H25NO3. The molecule has 0 unspecified atom stereocenters. The summed E-state index contributed by atoms with van der Waals surface area (Å²) in [6, 6.07) is -0.227. The molecule has 1 amide bonds. The van der Waals surface area contributed by atoms with Crippen molar-refractivity contribution in [2.24, 2.45) is 0 Å². The van der Waals surface area contributed by atoms with E-state index in [2.05, 4.69) is 12.2 Å². The van der Waals surface area contributed by atoms with Crippen LogP contribution in [0.15, 0.2) is 0 Å². The van der Waals surface area contributed by atoms with Crippen LogP contribution in [0.4, 0.5) is 4.79 Å². The third-order valence-corrected chi connectivity index (χ3v) is 2.15. The number of rotatable bonds is 5. The summed E-state index contributed by atoms with van der Waals surface area (Å²) in [7, 11) is 0. The van der Waals surface area contributed by atoms with Gasteiger partial charge in [0.2, 0.25) is 0 Å². The molecule has 2 atom stereocenters. The fourth-order valence-electron chi connectivity index (χ4n) is 1.32. The molecule has 0 aromatic carbocycles. The first kappa shape index (κ1) is 15.2. The van der Waals surface area contributed by atoms with Gasteiger partial charge in [-0.05, 0) is 34.1 Å². The predicted molar refractivity (Wildman–Crippen MR) is 64.4 cm³/mol. The van der Waals surface area contributed by atoms with Gasteiger partial charge in [0, 0.05) is 0 Å². The first-order valence-corrected chi connectivity index (χ1v) is 5.94. The lowest BCUT2D eigenvalue weighted by atomic mass is 10.1. The van der Waals surface area contributed by atoms with E-state index in [1.807, 2.05) is 20.8 Å². The second-order valence-corrected chi connectivity index (χ2v) is 5.14. The Morgan fingerprint density at radius 3 is 2.38 bits per heavy atom. The first-order chi connectivity index (χ1) is 7.26. The van der Waals surface area contributed by atoms with Crippen LogP contribution in [-0.2, 0) is 4.74 Å². The van der Waals surface area contributed by atoms with Gasteiger partial charge >= 0.3 is 6.09 Å². The molecule has 0 aliphatic heterocycles. The molecule has 2 N–H and O–H groups in total. The smallest absolute Gasteiger partial charge is 0.407 e. The molecule has 0 saturated carbocycles. The lowest BCUT2D eigenvalue weighted by molar-refractivity contribution is 0.0429. The van der Waals surface area contributed by atoms with Crippen LogP contribution in [0.2, 0.25) is 0 Å². The Labute approximate surface area is 98.4 Å². The summed E-state index contributed by atoms with van der Waals surface area (Å²) in [5.41, 5.74) is -0.502. The predicted octanol–water partition coefficient (Wildman–Crippen LogP) is 2.45. The average molecular weight is 231 g/mol. The van der Waals surface area contributed by atoms with Gasteiger partial charge in [-0.25, -0.2) is 4.79 Å². The van der Waals surface area contributed by atoms with E-state index < -0.39 is 17.8 Å². The van der Waals surface area contributed by atoms with Gasteiger partial charge in [0.05, 0.1) is 12.1 Å². The van der Waals surface area contributed by atoms with E-state index in [0.29, 0.717) is 0 Å². The van der Waals surface area contributed by atoms with Crippen molar-refractivity contribution < 1.29 is 14.6 Å². The highest BCUT2D eigenvalue weighted by Gasteiger charge is 2.21. The number of alkyl carbamates (subject to hydrolysis) is 1. The minimum atomic E-state index is -0.556. The van der Waals surface area contributed by atoms with Gasteiger partial charge < -0.3 is 15.2 Å². The van der Waals surface area contributed by atoms with Gasteiger partial charge in [-0.3, -0.25) is 0 Å². The molecule has 0 rings (SSSR count). The molecule has 0 aliphatic rings. The molecule has 0 saturated heterocycles. The van der Waals surface area contributed by atoms with Crippen molar-refractivity contribution in [2.45, 2.75) is 71.6 Å². The molecule has 4 heteroatoms. The van der Waals surface area contributed by atoms with Gasteiger partial charge in [0.25, 0.3) is 0 Å². The number of hydrogen-bond acceptors (Lipinski definition) is 3. The number of amides is 1. The van der Waals surface area contributed by atoms with E-state index in [1.54, 1.807) is 6.92 Å². The number of aliphatic hydroxyl groups is 1. The van der Waals surface area contributed by atoms with Crippen molar-refractivity contribution in [3.63, 3.8) is 0 Å². The summed E-state index contributed by atoms with van der Waals surface area (Å²) in [6.07, 6.45) is 1.77. The normalized spacial score (nSPS) is 15.4. The Hall–Kier alpha value is -0.770. The Balaban J connectivity index is 4.13. The molecule has 0 aromatic rings. The SMILES string of the molecule is CCCC[C@@H](NC(=O)OC(C)(C)C)[C@@H](C)O.